The summed E-state index contributed by atoms with van der Waals surface area (Å²) in [5.41, 5.74) is 1.13. The van der Waals surface area contributed by atoms with Crippen LogP contribution in [0.2, 0.25) is 0 Å². The van der Waals surface area contributed by atoms with Gasteiger partial charge in [-0.3, -0.25) is 0 Å². The molecule has 1 aromatic carbocycles. The summed E-state index contributed by atoms with van der Waals surface area (Å²) in [6, 6.07) is 5.98. The van der Waals surface area contributed by atoms with Crippen molar-refractivity contribution in [3.63, 3.8) is 0 Å². The van der Waals surface area contributed by atoms with Gasteiger partial charge in [0.25, 0.3) is 11.8 Å². The van der Waals surface area contributed by atoms with E-state index < -0.39 is 26.5 Å². The highest BCUT2D eigenvalue weighted by Crippen LogP contribution is 2.30. The van der Waals surface area contributed by atoms with Crippen molar-refractivity contribution in [2.24, 2.45) is 0 Å². The molecule has 0 saturated carbocycles. The summed E-state index contributed by atoms with van der Waals surface area (Å²) in [6.07, 6.45) is 0.895. The third-order valence-electron chi connectivity index (χ3n) is 4.00. The Hall–Kier alpha value is -2.66. The first-order chi connectivity index (χ1) is 13.7. The lowest BCUT2D eigenvalue weighted by Gasteiger charge is -2.05. The number of aryl methyl sites for hydroxylation is 2. The minimum absolute atomic E-state index is 0.000533. The molecule has 0 aliphatic rings. The van der Waals surface area contributed by atoms with E-state index in [1.807, 2.05) is 13.0 Å². The minimum Gasteiger partial charge on any atom is -0.452 e. The highest BCUT2D eigenvalue weighted by atomic mass is 32.2. The normalized spacial score (nSPS) is 11.8. The van der Waals surface area contributed by atoms with Crippen molar-refractivity contribution in [1.29, 1.82) is 0 Å². The summed E-state index contributed by atoms with van der Waals surface area (Å²) in [6.45, 7) is 3.76. The van der Waals surface area contributed by atoms with Crippen LogP contribution in [0.1, 0.15) is 33.6 Å². The number of sulfone groups is 1. The van der Waals surface area contributed by atoms with Crippen LogP contribution in [0.25, 0.3) is 10.8 Å². The number of halogens is 2. The van der Waals surface area contributed by atoms with Crippen molar-refractivity contribution in [2.75, 3.05) is 0 Å². The summed E-state index contributed by atoms with van der Waals surface area (Å²) < 4.78 is 58.4. The van der Waals surface area contributed by atoms with Crippen LogP contribution in [0.15, 0.2) is 39.6 Å². The molecule has 3 rings (SSSR count). The number of alkyl halides is 2. The summed E-state index contributed by atoms with van der Waals surface area (Å²) >= 11 is 1.55. The quantitative estimate of drug-likeness (QED) is 0.510. The Morgan fingerprint density at radius 3 is 2.52 bits per heavy atom. The Balaban J connectivity index is 1.64. The van der Waals surface area contributed by atoms with Crippen LogP contribution < -0.4 is 0 Å². The monoisotopic (exact) mass is 442 g/mol. The number of nitrogens with zero attached hydrogens (tertiary/aromatic N) is 2. The van der Waals surface area contributed by atoms with E-state index in [1.165, 1.54) is 4.88 Å². The van der Waals surface area contributed by atoms with Gasteiger partial charge in [0, 0.05) is 4.88 Å². The maximum atomic E-state index is 12.5. The van der Waals surface area contributed by atoms with Crippen molar-refractivity contribution in [3.8, 4) is 10.8 Å². The van der Waals surface area contributed by atoms with E-state index in [9.17, 15) is 22.0 Å². The number of benzene rings is 1. The van der Waals surface area contributed by atoms with E-state index >= 15 is 0 Å². The van der Waals surface area contributed by atoms with Gasteiger partial charge in [0.05, 0.1) is 15.3 Å². The van der Waals surface area contributed by atoms with Gasteiger partial charge in [0.2, 0.25) is 9.84 Å². The molecule has 3 aromatic rings. The Bertz CT molecular complexity index is 1120. The van der Waals surface area contributed by atoms with E-state index in [0.717, 1.165) is 41.1 Å². The minimum atomic E-state index is -4.72. The van der Waals surface area contributed by atoms with Gasteiger partial charge in [-0.15, -0.1) is 21.5 Å². The second-order valence-corrected chi connectivity index (χ2v) is 9.03. The average molecular weight is 442 g/mol. The lowest BCUT2D eigenvalue weighted by atomic mass is 10.2. The third-order valence-corrected chi connectivity index (χ3v) is 6.77. The molecular weight excluding hydrogens is 426 g/mol. The van der Waals surface area contributed by atoms with Crippen molar-refractivity contribution in [2.45, 2.75) is 37.5 Å². The predicted molar refractivity (Wildman–Crippen MR) is 100 cm³/mol. The zero-order valence-electron chi connectivity index (χ0n) is 15.4. The number of hydrogen-bond acceptors (Lipinski definition) is 8. The fraction of sp³-hybridized carbons (Fsp3) is 0.278. The zero-order chi connectivity index (χ0) is 21.2. The van der Waals surface area contributed by atoms with Crippen LogP contribution in [0, 0.1) is 6.92 Å². The number of esters is 1. The lowest BCUT2D eigenvalue weighted by molar-refractivity contribution is 0.0438. The van der Waals surface area contributed by atoms with Crippen LogP contribution in [-0.4, -0.2) is 30.3 Å². The Kier molecular flexibility index (Phi) is 6.08. The molecule has 0 bridgehead atoms. The highest BCUT2D eigenvalue weighted by molar-refractivity contribution is 7.91. The van der Waals surface area contributed by atoms with Crippen LogP contribution in [0.3, 0.4) is 0 Å². The summed E-state index contributed by atoms with van der Waals surface area (Å²) in [5.74, 6) is -3.90. The number of ether oxygens (including phenoxy) is 1. The molecule has 0 unspecified atom stereocenters. The van der Waals surface area contributed by atoms with Crippen LogP contribution in [0.5, 0.6) is 0 Å². The SMILES string of the molecule is CCc1sc(-c2nnc(COC(=O)c3ccc(S(=O)(=O)C(F)F)cc3)o2)cc1C. The van der Waals surface area contributed by atoms with Crippen LogP contribution >= 0.6 is 11.3 Å². The number of carbonyl (C=O) groups excluding carboxylic acids is 1. The van der Waals surface area contributed by atoms with Crippen LogP contribution in [0.4, 0.5) is 8.78 Å². The number of carbonyl (C=O) groups is 1. The molecule has 7 nitrogen and oxygen atoms in total. The number of hydrogen-bond donors (Lipinski definition) is 0. The molecule has 2 aromatic heterocycles. The Labute approximate surface area is 169 Å². The number of rotatable bonds is 7. The van der Waals surface area contributed by atoms with Gasteiger partial charge in [0.1, 0.15) is 0 Å². The molecule has 0 atom stereocenters. The van der Waals surface area contributed by atoms with Crippen LogP contribution in [-0.2, 0) is 27.6 Å². The average Bonchev–Trinajstić information content (AvgIpc) is 3.32. The van der Waals surface area contributed by atoms with Gasteiger partial charge < -0.3 is 9.15 Å². The summed E-state index contributed by atoms with van der Waals surface area (Å²) in [7, 11) is -4.72. The molecule has 0 aliphatic heterocycles. The molecule has 11 heteroatoms. The Morgan fingerprint density at radius 1 is 1.24 bits per heavy atom. The highest BCUT2D eigenvalue weighted by Gasteiger charge is 2.26. The van der Waals surface area contributed by atoms with Crippen molar-refractivity contribution >= 4 is 27.1 Å². The first-order valence-electron chi connectivity index (χ1n) is 8.43. The first kappa shape index (κ1) is 21.1. The number of aromatic nitrogens is 2. The van der Waals surface area contributed by atoms with Gasteiger partial charge in [-0.05, 0) is 49.2 Å². The second kappa shape index (κ2) is 8.37. The second-order valence-electron chi connectivity index (χ2n) is 5.98. The van der Waals surface area contributed by atoms with Gasteiger partial charge in [0.15, 0.2) is 6.61 Å². The molecule has 2 heterocycles. The molecule has 0 saturated heterocycles. The Morgan fingerprint density at radius 2 is 1.93 bits per heavy atom. The molecule has 0 radical (unpaired) electrons. The molecule has 29 heavy (non-hydrogen) atoms. The van der Waals surface area contributed by atoms with Gasteiger partial charge >= 0.3 is 11.7 Å². The molecule has 154 valence electrons. The fourth-order valence-electron chi connectivity index (χ4n) is 2.48. The fourth-order valence-corrected chi connectivity index (χ4v) is 4.24. The van der Waals surface area contributed by atoms with Crippen molar-refractivity contribution in [1.82, 2.24) is 10.2 Å². The molecule has 0 fully saturated rings. The van der Waals surface area contributed by atoms with Gasteiger partial charge in [-0.1, -0.05) is 6.92 Å². The van der Waals surface area contributed by atoms with Gasteiger partial charge in [-0.2, -0.15) is 8.78 Å². The number of thiophene rings is 1. The summed E-state index contributed by atoms with van der Waals surface area (Å²) in [5, 5.41) is 7.78. The smallest absolute Gasteiger partial charge is 0.341 e. The maximum Gasteiger partial charge on any atom is 0.341 e. The molecule has 0 spiro atoms. The zero-order valence-corrected chi connectivity index (χ0v) is 17.0. The first-order valence-corrected chi connectivity index (χ1v) is 10.8. The van der Waals surface area contributed by atoms with E-state index in [-0.39, 0.29) is 18.1 Å². The van der Waals surface area contributed by atoms with E-state index in [0.29, 0.717) is 5.89 Å². The molecule has 0 N–H and O–H groups in total. The van der Waals surface area contributed by atoms with Crippen molar-refractivity contribution in [3.05, 3.63) is 52.2 Å². The molecule has 0 aliphatic carbocycles. The molecule has 0 amide bonds. The van der Waals surface area contributed by atoms with Crippen molar-refractivity contribution < 1.29 is 31.1 Å². The van der Waals surface area contributed by atoms with Gasteiger partial charge in [-0.25, -0.2) is 13.2 Å². The maximum absolute atomic E-state index is 12.5. The standard InChI is InChI=1S/C18H16F2N2O5S2/c1-3-13-10(2)8-14(28-13)16-22-21-15(27-16)9-26-17(23)11-4-6-12(7-5-11)29(24,25)18(19)20/h4-8,18H,3,9H2,1-2H3. The third kappa shape index (κ3) is 4.51. The lowest BCUT2D eigenvalue weighted by Crippen LogP contribution is -2.12. The summed E-state index contributed by atoms with van der Waals surface area (Å²) in [4.78, 5) is 13.5. The van der Waals surface area contributed by atoms with E-state index in [4.69, 9.17) is 9.15 Å². The largest absolute Gasteiger partial charge is 0.452 e. The van der Waals surface area contributed by atoms with E-state index in [2.05, 4.69) is 17.1 Å². The predicted octanol–water partition coefficient (Wildman–Crippen LogP) is 4.02. The topological polar surface area (TPSA) is 99.4 Å². The van der Waals surface area contributed by atoms with E-state index in [1.54, 1.807) is 11.3 Å². The molecular formula is C18H16F2N2O5S2.